The second-order valence-electron chi connectivity index (χ2n) is 5.08. The summed E-state index contributed by atoms with van der Waals surface area (Å²) in [5.41, 5.74) is 1.94. The molecule has 0 saturated heterocycles. The van der Waals surface area contributed by atoms with E-state index in [1.165, 1.54) is 5.56 Å². The van der Waals surface area contributed by atoms with E-state index in [1.807, 2.05) is 31.2 Å². The van der Waals surface area contributed by atoms with Gasteiger partial charge in [-0.2, -0.15) is 0 Å². The molecule has 0 saturated carbocycles. The maximum Gasteiger partial charge on any atom is 0.317 e. The molecule has 2 N–H and O–H groups in total. The smallest absolute Gasteiger partial charge is 0.317 e. The minimum Gasteiger partial charge on any atom is -0.480 e. The molecule has 1 aromatic rings. The molecule has 0 aliphatic rings. The second kappa shape index (κ2) is 10.2. The summed E-state index contributed by atoms with van der Waals surface area (Å²) in [6, 6.07) is 7.20. The lowest BCUT2D eigenvalue weighted by Crippen LogP contribution is -2.44. The molecule has 0 aliphatic carbocycles. The van der Waals surface area contributed by atoms with E-state index in [1.54, 1.807) is 11.8 Å². The van der Waals surface area contributed by atoms with Gasteiger partial charge in [0, 0.05) is 5.69 Å². The molecule has 1 atom stereocenters. The van der Waals surface area contributed by atoms with Crippen molar-refractivity contribution in [3.63, 3.8) is 0 Å². The summed E-state index contributed by atoms with van der Waals surface area (Å²) in [4.78, 5) is 24.8. The van der Waals surface area contributed by atoms with Crippen molar-refractivity contribution in [2.45, 2.75) is 39.7 Å². The zero-order chi connectivity index (χ0) is 15.8. The predicted octanol–water partition coefficient (Wildman–Crippen LogP) is 2.79. The third-order valence-corrected chi connectivity index (χ3v) is 3.41. The molecular weight excluding hydrogens is 304 g/mol. The number of anilines is 1. The molecule has 6 heteroatoms. The van der Waals surface area contributed by atoms with E-state index < -0.39 is 12.0 Å². The largest absolute Gasteiger partial charge is 0.480 e. The Bertz CT molecular complexity index is 477. The molecule has 1 aromatic carbocycles. The molecule has 0 aromatic heterocycles. The molecule has 1 amide bonds. The zero-order valence-corrected chi connectivity index (χ0v) is 14.2. The van der Waals surface area contributed by atoms with Gasteiger partial charge in [0.2, 0.25) is 5.91 Å². The van der Waals surface area contributed by atoms with Crippen LogP contribution in [0.25, 0.3) is 0 Å². The first-order chi connectivity index (χ1) is 9.97. The average molecular weight is 329 g/mol. The lowest BCUT2D eigenvalue weighted by Gasteiger charge is -2.26. The van der Waals surface area contributed by atoms with Crippen molar-refractivity contribution in [3.05, 3.63) is 29.8 Å². The van der Waals surface area contributed by atoms with Gasteiger partial charge in [0.05, 0.1) is 12.6 Å². The Labute approximate surface area is 138 Å². The minimum atomic E-state index is -0.921. The van der Waals surface area contributed by atoms with E-state index in [9.17, 15) is 9.59 Å². The molecule has 1 rings (SSSR count). The lowest BCUT2D eigenvalue weighted by atomic mass is 10.1. The van der Waals surface area contributed by atoms with E-state index >= 15 is 0 Å². The third kappa shape index (κ3) is 6.45. The van der Waals surface area contributed by atoms with Gasteiger partial charge < -0.3 is 10.4 Å². The zero-order valence-electron chi connectivity index (χ0n) is 13.3. The van der Waals surface area contributed by atoms with Crippen LogP contribution < -0.4 is 5.32 Å². The summed E-state index contributed by atoms with van der Waals surface area (Å²) in [7, 11) is 0. The van der Waals surface area contributed by atoms with E-state index in [0.29, 0.717) is 6.54 Å². The van der Waals surface area contributed by atoms with Crippen LogP contribution >= 0.6 is 12.4 Å². The summed E-state index contributed by atoms with van der Waals surface area (Å²) in [6.45, 7) is 6.22. The van der Waals surface area contributed by atoms with Crippen molar-refractivity contribution in [1.82, 2.24) is 4.90 Å². The highest BCUT2D eigenvalue weighted by molar-refractivity contribution is 5.94. The number of rotatable bonds is 8. The first-order valence-corrected chi connectivity index (χ1v) is 7.33. The van der Waals surface area contributed by atoms with Gasteiger partial charge in [-0.25, -0.2) is 0 Å². The van der Waals surface area contributed by atoms with E-state index in [2.05, 4.69) is 12.2 Å². The summed E-state index contributed by atoms with van der Waals surface area (Å²) in [6.07, 6.45) is 1.75. The molecular formula is C16H25ClN2O3. The van der Waals surface area contributed by atoms with Crippen molar-refractivity contribution in [2.75, 3.05) is 18.4 Å². The van der Waals surface area contributed by atoms with Gasteiger partial charge in [-0.15, -0.1) is 12.4 Å². The summed E-state index contributed by atoms with van der Waals surface area (Å²) >= 11 is 0. The Balaban J connectivity index is 0.00000441. The van der Waals surface area contributed by atoms with Crippen molar-refractivity contribution >= 4 is 30.0 Å². The van der Waals surface area contributed by atoms with Crippen LogP contribution in [0.2, 0.25) is 0 Å². The number of carbonyl (C=O) groups is 2. The monoisotopic (exact) mass is 328 g/mol. The predicted molar refractivity (Wildman–Crippen MR) is 90.7 cm³/mol. The fourth-order valence-electron chi connectivity index (χ4n) is 2.11. The average Bonchev–Trinajstić information content (AvgIpc) is 2.46. The molecule has 5 nitrogen and oxygen atoms in total. The molecule has 0 fully saturated rings. The molecule has 1 unspecified atom stereocenters. The van der Waals surface area contributed by atoms with Gasteiger partial charge in [-0.3, -0.25) is 14.5 Å². The number of carboxylic acids is 1. The van der Waals surface area contributed by atoms with Crippen LogP contribution in [0.15, 0.2) is 24.3 Å². The van der Waals surface area contributed by atoms with Crippen molar-refractivity contribution < 1.29 is 14.7 Å². The van der Waals surface area contributed by atoms with Gasteiger partial charge >= 0.3 is 5.97 Å². The second-order valence-corrected chi connectivity index (χ2v) is 5.08. The maximum atomic E-state index is 12.2. The number of carbonyl (C=O) groups excluding carboxylic acids is 1. The minimum absolute atomic E-state index is 0. The van der Waals surface area contributed by atoms with Crippen LogP contribution in [0.1, 0.15) is 32.8 Å². The number of aryl methyl sites for hydroxylation is 1. The Morgan fingerprint density at radius 2 is 1.82 bits per heavy atom. The van der Waals surface area contributed by atoms with Crippen molar-refractivity contribution in [1.29, 1.82) is 0 Å². The first-order valence-electron chi connectivity index (χ1n) is 7.33. The topological polar surface area (TPSA) is 69.6 Å². The Kier molecular flexibility index (Phi) is 9.45. The molecule has 0 aliphatic heterocycles. The number of benzene rings is 1. The Morgan fingerprint density at radius 1 is 1.23 bits per heavy atom. The molecule has 22 heavy (non-hydrogen) atoms. The Morgan fingerprint density at radius 3 is 2.27 bits per heavy atom. The third-order valence-electron chi connectivity index (χ3n) is 3.41. The van der Waals surface area contributed by atoms with E-state index in [-0.39, 0.29) is 24.9 Å². The maximum absolute atomic E-state index is 12.2. The number of halogens is 1. The van der Waals surface area contributed by atoms with Crippen LogP contribution in [0.4, 0.5) is 5.69 Å². The number of nitrogens with zero attached hydrogens (tertiary/aromatic N) is 1. The lowest BCUT2D eigenvalue weighted by molar-refractivity contribution is -0.139. The highest BCUT2D eigenvalue weighted by atomic mass is 35.5. The van der Waals surface area contributed by atoms with Crippen molar-refractivity contribution in [2.24, 2.45) is 0 Å². The van der Waals surface area contributed by atoms with Gasteiger partial charge in [0.15, 0.2) is 0 Å². The van der Waals surface area contributed by atoms with Crippen molar-refractivity contribution in [3.8, 4) is 0 Å². The van der Waals surface area contributed by atoms with E-state index in [4.69, 9.17) is 5.11 Å². The number of aliphatic carboxylic acids is 1. The fourth-order valence-corrected chi connectivity index (χ4v) is 2.11. The standard InChI is InChI=1S/C16H24N2O3.ClH/c1-4-10-18(11-15(19)20)12(3)16(21)17-14-8-6-13(5-2)7-9-14;/h6-9,12H,4-5,10-11H2,1-3H3,(H,17,21)(H,19,20);1H. The van der Waals surface area contributed by atoms with Crippen LogP contribution in [0.3, 0.4) is 0 Å². The highest BCUT2D eigenvalue weighted by Crippen LogP contribution is 2.11. The quantitative estimate of drug-likeness (QED) is 0.770. The fraction of sp³-hybridized carbons (Fsp3) is 0.500. The number of carboxylic acid groups (broad SMARTS) is 1. The number of nitrogens with one attached hydrogen (secondary N) is 1. The van der Waals surface area contributed by atoms with Crippen LogP contribution in [-0.2, 0) is 16.0 Å². The molecule has 124 valence electrons. The normalized spacial score (nSPS) is 11.6. The van der Waals surface area contributed by atoms with Gasteiger partial charge in [-0.05, 0) is 44.0 Å². The number of hydrogen-bond donors (Lipinski definition) is 2. The number of hydrogen-bond acceptors (Lipinski definition) is 3. The SMILES string of the molecule is CCCN(CC(=O)O)C(C)C(=O)Nc1ccc(CC)cc1.Cl. The molecule has 0 heterocycles. The van der Waals surface area contributed by atoms with Gasteiger partial charge in [0.1, 0.15) is 0 Å². The highest BCUT2D eigenvalue weighted by Gasteiger charge is 2.22. The van der Waals surface area contributed by atoms with Gasteiger partial charge in [-0.1, -0.05) is 26.0 Å². The van der Waals surface area contributed by atoms with Crippen LogP contribution in [0.5, 0.6) is 0 Å². The molecule has 0 spiro atoms. The summed E-state index contributed by atoms with van der Waals surface area (Å²) in [5.74, 6) is -1.11. The molecule has 0 bridgehead atoms. The summed E-state index contributed by atoms with van der Waals surface area (Å²) < 4.78 is 0. The van der Waals surface area contributed by atoms with Crippen LogP contribution in [0, 0.1) is 0 Å². The van der Waals surface area contributed by atoms with E-state index in [0.717, 1.165) is 18.5 Å². The summed E-state index contributed by atoms with van der Waals surface area (Å²) in [5, 5.41) is 11.7. The van der Waals surface area contributed by atoms with Crippen LogP contribution in [-0.4, -0.2) is 41.0 Å². The number of amides is 1. The first kappa shape index (κ1) is 20.4. The Hall–Kier alpha value is -1.59. The molecule has 0 radical (unpaired) electrons. The van der Waals surface area contributed by atoms with Gasteiger partial charge in [0.25, 0.3) is 0 Å².